The second kappa shape index (κ2) is 11.5. The van der Waals surface area contributed by atoms with Crippen LogP contribution in [-0.4, -0.2) is 56.7 Å². The fourth-order valence-corrected chi connectivity index (χ4v) is 5.13. The average Bonchev–Trinajstić information content (AvgIpc) is 3.28. The molecule has 1 amide bonds. The molecule has 4 rings (SSSR count). The van der Waals surface area contributed by atoms with Crippen LogP contribution in [0, 0.1) is 12.3 Å². The zero-order valence-corrected chi connectivity index (χ0v) is 21.9. The topological polar surface area (TPSA) is 172 Å². The number of ether oxygens (including phenoxy) is 2. The van der Waals surface area contributed by atoms with Crippen molar-refractivity contribution in [3.05, 3.63) is 89.5 Å². The van der Waals surface area contributed by atoms with Crippen molar-refractivity contribution >= 4 is 33.6 Å². The number of hydrogen-bond acceptors (Lipinski definition) is 7. The smallest absolute Gasteiger partial charge is 0.414 e. The highest BCUT2D eigenvalue weighted by atomic mass is 32.2. The maximum Gasteiger partial charge on any atom is 0.414 e. The molecule has 0 aliphatic carbocycles. The number of carboxylic acid groups (broad SMARTS) is 1. The van der Waals surface area contributed by atoms with Crippen LogP contribution in [-0.2, 0) is 26.0 Å². The SMILES string of the molecule is Cc1ccc(S(=O)(=O)NC(Cc2ccc(OCC3CN(c4ccc(C(=N)N)cc4)C(=O)O3)cc2)C(=O)O)cc1. The summed E-state index contributed by atoms with van der Waals surface area (Å²) < 4.78 is 38.7. The molecule has 12 heteroatoms. The molecule has 1 heterocycles. The summed E-state index contributed by atoms with van der Waals surface area (Å²) in [6, 6.07) is 18.0. The lowest BCUT2D eigenvalue weighted by Crippen LogP contribution is -2.42. The Hall–Kier alpha value is -4.42. The van der Waals surface area contributed by atoms with Crippen molar-refractivity contribution in [2.24, 2.45) is 5.73 Å². The number of carbonyl (C=O) groups is 2. The summed E-state index contributed by atoms with van der Waals surface area (Å²) in [7, 11) is -4.02. The van der Waals surface area contributed by atoms with Crippen LogP contribution < -0.4 is 20.1 Å². The lowest BCUT2D eigenvalue weighted by atomic mass is 10.1. The molecular weight excluding hydrogens is 524 g/mol. The zero-order chi connectivity index (χ0) is 28.2. The number of nitrogens with two attached hydrogens (primary N) is 1. The van der Waals surface area contributed by atoms with E-state index in [0.717, 1.165) is 5.56 Å². The minimum Gasteiger partial charge on any atom is -0.490 e. The fourth-order valence-electron chi connectivity index (χ4n) is 3.94. The molecule has 0 bridgehead atoms. The number of amidine groups is 1. The number of carbonyl (C=O) groups excluding carboxylic acids is 1. The molecule has 11 nitrogen and oxygen atoms in total. The van der Waals surface area contributed by atoms with E-state index in [4.69, 9.17) is 20.6 Å². The van der Waals surface area contributed by atoms with Gasteiger partial charge in [-0.15, -0.1) is 0 Å². The van der Waals surface area contributed by atoms with Gasteiger partial charge in [-0.25, -0.2) is 13.2 Å². The maximum atomic E-state index is 12.6. The molecule has 1 aliphatic rings. The third-order valence-corrected chi connectivity index (χ3v) is 7.58. The maximum absolute atomic E-state index is 12.6. The van der Waals surface area contributed by atoms with Crippen LogP contribution in [0.4, 0.5) is 10.5 Å². The molecule has 2 atom stereocenters. The summed E-state index contributed by atoms with van der Waals surface area (Å²) in [5, 5.41) is 17.1. The van der Waals surface area contributed by atoms with E-state index in [1.54, 1.807) is 60.7 Å². The van der Waals surface area contributed by atoms with Gasteiger partial charge in [0, 0.05) is 11.3 Å². The zero-order valence-electron chi connectivity index (χ0n) is 21.0. The monoisotopic (exact) mass is 552 g/mol. The third kappa shape index (κ3) is 6.92. The van der Waals surface area contributed by atoms with Crippen LogP contribution in [0.25, 0.3) is 0 Å². The van der Waals surface area contributed by atoms with Gasteiger partial charge in [-0.2, -0.15) is 4.72 Å². The van der Waals surface area contributed by atoms with Crippen molar-refractivity contribution in [3.8, 4) is 5.75 Å². The highest BCUT2D eigenvalue weighted by molar-refractivity contribution is 7.89. The largest absolute Gasteiger partial charge is 0.490 e. The highest BCUT2D eigenvalue weighted by Crippen LogP contribution is 2.23. The predicted octanol–water partition coefficient (Wildman–Crippen LogP) is 2.66. The molecule has 0 radical (unpaired) electrons. The first kappa shape index (κ1) is 27.6. The van der Waals surface area contributed by atoms with E-state index in [2.05, 4.69) is 4.72 Å². The molecule has 3 aromatic carbocycles. The quantitative estimate of drug-likeness (QED) is 0.208. The lowest BCUT2D eigenvalue weighted by molar-refractivity contribution is -0.138. The molecular formula is C27H28N4O7S. The lowest BCUT2D eigenvalue weighted by Gasteiger charge is -2.16. The number of amides is 1. The number of anilines is 1. The van der Waals surface area contributed by atoms with Crippen molar-refractivity contribution < 1.29 is 32.6 Å². The van der Waals surface area contributed by atoms with Gasteiger partial charge in [0.15, 0.2) is 6.10 Å². The molecule has 39 heavy (non-hydrogen) atoms. The first-order chi connectivity index (χ1) is 18.5. The van der Waals surface area contributed by atoms with Gasteiger partial charge in [-0.3, -0.25) is 15.1 Å². The summed E-state index contributed by atoms with van der Waals surface area (Å²) in [6.45, 7) is 2.20. The molecule has 3 aromatic rings. The van der Waals surface area contributed by atoms with Crippen LogP contribution in [0.5, 0.6) is 5.75 Å². The Labute approximate surface area is 225 Å². The number of benzene rings is 3. The van der Waals surface area contributed by atoms with Crippen molar-refractivity contribution in [1.82, 2.24) is 4.72 Å². The van der Waals surface area contributed by atoms with E-state index in [0.29, 0.717) is 22.6 Å². The first-order valence-corrected chi connectivity index (χ1v) is 13.5. The molecule has 0 spiro atoms. The minimum atomic E-state index is -4.02. The summed E-state index contributed by atoms with van der Waals surface area (Å²) >= 11 is 0. The molecule has 0 saturated carbocycles. The van der Waals surface area contributed by atoms with Gasteiger partial charge in [0.25, 0.3) is 0 Å². The molecule has 5 N–H and O–H groups in total. The van der Waals surface area contributed by atoms with Crippen molar-refractivity contribution in [1.29, 1.82) is 5.41 Å². The van der Waals surface area contributed by atoms with Gasteiger partial charge in [0.1, 0.15) is 24.2 Å². The van der Waals surface area contributed by atoms with Gasteiger partial charge in [-0.05, 0) is 67.4 Å². The van der Waals surface area contributed by atoms with Crippen LogP contribution in [0.3, 0.4) is 0 Å². The number of cyclic esters (lactones) is 1. The Bertz CT molecular complexity index is 1460. The Morgan fingerprint density at radius 2 is 1.77 bits per heavy atom. The summed E-state index contributed by atoms with van der Waals surface area (Å²) in [4.78, 5) is 25.5. The van der Waals surface area contributed by atoms with Crippen LogP contribution in [0.15, 0.2) is 77.7 Å². The van der Waals surface area contributed by atoms with E-state index in [1.165, 1.54) is 17.0 Å². The fraction of sp³-hybridized carbons (Fsp3) is 0.222. The Morgan fingerprint density at radius 3 is 2.36 bits per heavy atom. The standard InChI is InChI=1S/C27H28N4O7S/c1-17-2-12-23(13-3-17)39(35,36)30-24(26(32)33)14-18-4-10-21(11-5-18)37-16-22-15-31(27(34)38-22)20-8-6-19(7-9-20)25(28)29/h2-13,22,24,30H,14-16H2,1H3,(H3,28,29)(H,32,33). The molecule has 1 aliphatic heterocycles. The number of carboxylic acids is 1. The van der Waals surface area contributed by atoms with Crippen molar-refractivity contribution in [2.45, 2.75) is 30.4 Å². The van der Waals surface area contributed by atoms with Crippen LogP contribution >= 0.6 is 0 Å². The Morgan fingerprint density at radius 1 is 1.13 bits per heavy atom. The van der Waals surface area contributed by atoms with Crippen molar-refractivity contribution in [3.63, 3.8) is 0 Å². The van der Waals surface area contributed by atoms with Gasteiger partial charge in [-0.1, -0.05) is 29.8 Å². The van der Waals surface area contributed by atoms with E-state index in [-0.39, 0.29) is 30.3 Å². The molecule has 204 valence electrons. The average molecular weight is 553 g/mol. The van der Waals surface area contributed by atoms with E-state index in [1.807, 2.05) is 6.92 Å². The third-order valence-electron chi connectivity index (χ3n) is 6.09. The minimum absolute atomic E-state index is 0.0117. The summed E-state index contributed by atoms with van der Waals surface area (Å²) in [5.41, 5.74) is 8.10. The number of sulfonamides is 1. The number of hydrogen-bond donors (Lipinski definition) is 4. The van der Waals surface area contributed by atoms with E-state index < -0.39 is 34.2 Å². The normalized spacial score (nSPS) is 16.0. The molecule has 1 saturated heterocycles. The molecule has 0 aromatic heterocycles. The number of nitrogens with one attached hydrogen (secondary N) is 2. The Balaban J connectivity index is 1.32. The number of nitrogen functional groups attached to an aromatic ring is 1. The molecule has 2 unspecified atom stereocenters. The predicted molar refractivity (Wildman–Crippen MR) is 144 cm³/mol. The number of nitrogens with zero attached hydrogens (tertiary/aromatic N) is 1. The van der Waals surface area contributed by atoms with Crippen LogP contribution in [0.2, 0.25) is 0 Å². The first-order valence-electron chi connectivity index (χ1n) is 12.0. The van der Waals surface area contributed by atoms with Gasteiger partial charge in [0.05, 0.1) is 11.4 Å². The van der Waals surface area contributed by atoms with Gasteiger partial charge in [0.2, 0.25) is 10.0 Å². The second-order valence-electron chi connectivity index (χ2n) is 9.06. The summed E-state index contributed by atoms with van der Waals surface area (Å²) in [5.74, 6) is -0.884. The number of aliphatic carboxylic acids is 1. The van der Waals surface area contributed by atoms with Crippen LogP contribution in [0.1, 0.15) is 16.7 Å². The second-order valence-corrected chi connectivity index (χ2v) is 10.8. The number of aryl methyl sites for hydroxylation is 1. The van der Waals surface area contributed by atoms with E-state index in [9.17, 15) is 23.1 Å². The number of rotatable bonds is 11. The summed E-state index contributed by atoms with van der Waals surface area (Å²) in [6.07, 6.45) is -1.10. The Kier molecular flexibility index (Phi) is 8.17. The van der Waals surface area contributed by atoms with Gasteiger partial charge >= 0.3 is 12.1 Å². The van der Waals surface area contributed by atoms with Crippen molar-refractivity contribution in [2.75, 3.05) is 18.1 Å². The van der Waals surface area contributed by atoms with E-state index >= 15 is 0 Å². The van der Waals surface area contributed by atoms with Gasteiger partial charge < -0.3 is 20.3 Å². The highest BCUT2D eigenvalue weighted by Gasteiger charge is 2.33. The molecule has 1 fully saturated rings.